The molecule has 1 aliphatic rings. The second kappa shape index (κ2) is 7.98. The van der Waals surface area contributed by atoms with Gasteiger partial charge in [-0.25, -0.2) is 5.01 Å². The molecule has 0 aromatic heterocycles. The third-order valence-electron chi connectivity index (χ3n) is 4.83. The fourth-order valence-electron chi connectivity index (χ4n) is 3.35. The fraction of sp³-hybridized carbons (Fsp3) is 0.130. The molecule has 1 amide bonds. The number of carbonyl (C=O) groups excluding carboxylic acids is 1. The van der Waals surface area contributed by atoms with Crippen molar-refractivity contribution in [3.05, 3.63) is 100 Å². The zero-order valence-electron chi connectivity index (χ0n) is 15.4. The molecule has 4 rings (SSSR count). The molecule has 140 valence electrons. The maximum absolute atomic E-state index is 13.3. The quantitative estimate of drug-likeness (QED) is 0.547. The largest absolute Gasteiger partial charge is 0.497 e. The van der Waals surface area contributed by atoms with Crippen LogP contribution in [0.3, 0.4) is 0 Å². The number of hydrazone groups is 1. The highest BCUT2D eigenvalue weighted by atomic mass is 79.9. The first kappa shape index (κ1) is 18.4. The van der Waals surface area contributed by atoms with E-state index in [9.17, 15) is 4.79 Å². The van der Waals surface area contributed by atoms with Crippen molar-refractivity contribution in [3.8, 4) is 5.75 Å². The maximum atomic E-state index is 13.3. The standard InChI is InChI=1S/C23H19BrN2O2/c1-28-18-13-11-16(12-14-18)21-15-22(17-7-3-2-4-8-17)26(25-21)23(27)19-9-5-6-10-20(19)24/h2-14,22H,15H2,1H3/t22-/m1/s1. The molecule has 0 fully saturated rings. The van der Waals surface area contributed by atoms with Gasteiger partial charge in [0, 0.05) is 10.9 Å². The van der Waals surface area contributed by atoms with Crippen molar-refractivity contribution in [2.24, 2.45) is 5.10 Å². The fourth-order valence-corrected chi connectivity index (χ4v) is 3.80. The second-order valence-corrected chi connectivity index (χ2v) is 7.39. The molecule has 5 heteroatoms. The number of carbonyl (C=O) groups is 1. The van der Waals surface area contributed by atoms with Crippen molar-refractivity contribution in [2.75, 3.05) is 7.11 Å². The SMILES string of the molecule is COc1ccc(C2=NN(C(=O)c3ccccc3Br)[C@@H](c3ccccc3)C2)cc1. The van der Waals surface area contributed by atoms with E-state index in [-0.39, 0.29) is 11.9 Å². The van der Waals surface area contributed by atoms with Gasteiger partial charge in [-0.2, -0.15) is 5.10 Å². The second-order valence-electron chi connectivity index (χ2n) is 6.54. The van der Waals surface area contributed by atoms with E-state index in [2.05, 4.69) is 15.9 Å². The van der Waals surface area contributed by atoms with Gasteiger partial charge < -0.3 is 4.74 Å². The van der Waals surface area contributed by atoms with Gasteiger partial charge in [0.15, 0.2) is 0 Å². The molecule has 0 unspecified atom stereocenters. The van der Waals surface area contributed by atoms with Crippen LogP contribution in [0.2, 0.25) is 0 Å². The monoisotopic (exact) mass is 434 g/mol. The van der Waals surface area contributed by atoms with Crippen LogP contribution in [-0.4, -0.2) is 23.7 Å². The number of ether oxygens (including phenoxy) is 1. The van der Waals surface area contributed by atoms with Crippen LogP contribution in [0.15, 0.2) is 88.4 Å². The molecule has 0 aliphatic carbocycles. The number of benzene rings is 3. The highest BCUT2D eigenvalue weighted by molar-refractivity contribution is 9.10. The number of rotatable bonds is 4. The Labute approximate surface area is 172 Å². The molecule has 4 nitrogen and oxygen atoms in total. The molecule has 0 saturated heterocycles. The lowest BCUT2D eigenvalue weighted by Crippen LogP contribution is -2.27. The number of nitrogens with zero attached hydrogens (tertiary/aromatic N) is 2. The van der Waals surface area contributed by atoms with E-state index in [0.29, 0.717) is 12.0 Å². The predicted molar refractivity (Wildman–Crippen MR) is 114 cm³/mol. The number of hydrogen-bond acceptors (Lipinski definition) is 3. The van der Waals surface area contributed by atoms with Crippen LogP contribution in [0, 0.1) is 0 Å². The van der Waals surface area contributed by atoms with Gasteiger partial charge in [0.25, 0.3) is 5.91 Å². The van der Waals surface area contributed by atoms with Crippen molar-refractivity contribution in [2.45, 2.75) is 12.5 Å². The summed E-state index contributed by atoms with van der Waals surface area (Å²) in [6.07, 6.45) is 0.659. The van der Waals surface area contributed by atoms with Gasteiger partial charge in [0.2, 0.25) is 0 Å². The molecule has 28 heavy (non-hydrogen) atoms. The highest BCUT2D eigenvalue weighted by Crippen LogP contribution is 2.35. The summed E-state index contributed by atoms with van der Waals surface area (Å²) in [7, 11) is 1.64. The normalized spacial score (nSPS) is 16.0. The molecule has 0 N–H and O–H groups in total. The third-order valence-corrected chi connectivity index (χ3v) is 5.52. The van der Waals surface area contributed by atoms with Crippen molar-refractivity contribution >= 4 is 27.5 Å². The summed E-state index contributed by atoms with van der Waals surface area (Å²) >= 11 is 3.49. The molecule has 3 aromatic rings. The topological polar surface area (TPSA) is 41.9 Å². The summed E-state index contributed by atoms with van der Waals surface area (Å²) in [5, 5.41) is 6.33. The molecular formula is C23H19BrN2O2. The highest BCUT2D eigenvalue weighted by Gasteiger charge is 2.34. The Kier molecular flexibility index (Phi) is 5.26. The number of hydrogen-bond donors (Lipinski definition) is 0. The Morgan fingerprint density at radius 3 is 2.36 bits per heavy atom. The van der Waals surface area contributed by atoms with Crippen molar-refractivity contribution in [1.29, 1.82) is 0 Å². The average molecular weight is 435 g/mol. The molecule has 0 radical (unpaired) electrons. The van der Waals surface area contributed by atoms with Crippen LogP contribution in [0.4, 0.5) is 0 Å². The minimum absolute atomic E-state index is 0.121. The van der Waals surface area contributed by atoms with E-state index in [0.717, 1.165) is 27.1 Å². The molecule has 0 saturated carbocycles. The van der Waals surface area contributed by atoms with Gasteiger partial charge in [0.1, 0.15) is 5.75 Å². The van der Waals surface area contributed by atoms with E-state index in [1.165, 1.54) is 0 Å². The Morgan fingerprint density at radius 1 is 1.00 bits per heavy atom. The lowest BCUT2D eigenvalue weighted by Gasteiger charge is -2.22. The molecule has 1 atom stereocenters. The van der Waals surface area contributed by atoms with Gasteiger partial charge in [-0.05, 0) is 63.5 Å². The van der Waals surface area contributed by atoms with E-state index < -0.39 is 0 Å². The summed E-state index contributed by atoms with van der Waals surface area (Å²) in [6, 6.07) is 25.1. The van der Waals surface area contributed by atoms with Crippen LogP contribution in [0.1, 0.15) is 33.9 Å². The molecule has 1 heterocycles. The first-order chi connectivity index (χ1) is 13.7. The summed E-state index contributed by atoms with van der Waals surface area (Å²) in [4.78, 5) is 13.3. The Bertz CT molecular complexity index is 1020. The van der Waals surface area contributed by atoms with E-state index in [4.69, 9.17) is 9.84 Å². The molecule has 0 bridgehead atoms. The van der Waals surface area contributed by atoms with Crippen LogP contribution >= 0.6 is 15.9 Å². The first-order valence-corrected chi connectivity index (χ1v) is 9.81. The minimum atomic E-state index is -0.141. The van der Waals surface area contributed by atoms with Gasteiger partial charge in [0.05, 0.1) is 24.4 Å². The van der Waals surface area contributed by atoms with Crippen molar-refractivity contribution in [3.63, 3.8) is 0 Å². The third kappa shape index (κ3) is 3.58. The van der Waals surface area contributed by atoms with E-state index in [1.807, 2.05) is 78.9 Å². The van der Waals surface area contributed by atoms with Gasteiger partial charge in [-0.1, -0.05) is 42.5 Å². The zero-order chi connectivity index (χ0) is 19.5. The summed E-state index contributed by atoms with van der Waals surface area (Å²) < 4.78 is 6.01. The average Bonchev–Trinajstić information content (AvgIpc) is 3.20. The minimum Gasteiger partial charge on any atom is -0.497 e. The van der Waals surface area contributed by atoms with Crippen molar-refractivity contribution in [1.82, 2.24) is 5.01 Å². The number of amides is 1. The Hall–Kier alpha value is -2.92. The van der Waals surface area contributed by atoms with E-state index in [1.54, 1.807) is 12.1 Å². The van der Waals surface area contributed by atoms with E-state index >= 15 is 0 Å². The lowest BCUT2D eigenvalue weighted by atomic mass is 9.98. The predicted octanol–water partition coefficient (Wildman–Crippen LogP) is 5.45. The van der Waals surface area contributed by atoms with Gasteiger partial charge in [-0.15, -0.1) is 0 Å². The maximum Gasteiger partial charge on any atom is 0.275 e. The summed E-state index contributed by atoms with van der Waals surface area (Å²) in [5.74, 6) is 0.674. The zero-order valence-corrected chi connectivity index (χ0v) is 17.0. The molecule has 3 aromatic carbocycles. The number of methoxy groups -OCH3 is 1. The van der Waals surface area contributed by atoms with Crippen LogP contribution in [0.5, 0.6) is 5.75 Å². The summed E-state index contributed by atoms with van der Waals surface area (Å²) in [5.41, 5.74) is 3.54. The van der Waals surface area contributed by atoms with Crippen LogP contribution in [0.25, 0.3) is 0 Å². The molecule has 0 spiro atoms. The smallest absolute Gasteiger partial charge is 0.275 e. The molecular weight excluding hydrogens is 416 g/mol. The van der Waals surface area contributed by atoms with Crippen LogP contribution < -0.4 is 4.74 Å². The van der Waals surface area contributed by atoms with Gasteiger partial charge >= 0.3 is 0 Å². The van der Waals surface area contributed by atoms with Crippen molar-refractivity contribution < 1.29 is 9.53 Å². The first-order valence-electron chi connectivity index (χ1n) is 9.02. The Balaban J connectivity index is 1.73. The molecule has 1 aliphatic heterocycles. The van der Waals surface area contributed by atoms with Crippen LogP contribution in [-0.2, 0) is 0 Å². The summed E-state index contributed by atoms with van der Waals surface area (Å²) in [6.45, 7) is 0. The van der Waals surface area contributed by atoms with Gasteiger partial charge in [-0.3, -0.25) is 4.79 Å². The number of halogens is 1. The lowest BCUT2D eigenvalue weighted by molar-refractivity contribution is 0.0710. The Morgan fingerprint density at radius 2 is 1.68 bits per heavy atom.